The minimum Gasteiger partial charge on any atom is -0.422 e. The number of nitrogens with one attached hydrogen (secondary N) is 1. The summed E-state index contributed by atoms with van der Waals surface area (Å²) >= 11 is 0. The second-order valence-corrected chi connectivity index (χ2v) is 7.62. The number of anilines is 1. The molecular weight excluding hydrogens is 414 g/mol. The first-order chi connectivity index (χ1) is 15.6. The van der Waals surface area contributed by atoms with Crippen molar-refractivity contribution < 1.29 is 28.5 Å². The largest absolute Gasteiger partial charge is 0.422 e. The lowest BCUT2D eigenvalue weighted by atomic mass is 10.1. The van der Waals surface area contributed by atoms with Crippen molar-refractivity contribution in [2.24, 2.45) is 0 Å². The molecule has 4 rings (SSSR count). The van der Waals surface area contributed by atoms with Crippen LogP contribution in [0, 0.1) is 6.92 Å². The molecule has 1 saturated heterocycles. The molecule has 0 amide bonds. The molecule has 1 aliphatic heterocycles. The number of hydrogen-bond donors (Lipinski definition) is 2. The van der Waals surface area contributed by atoms with E-state index in [1.165, 1.54) is 0 Å². The zero-order valence-corrected chi connectivity index (χ0v) is 18.0. The molecule has 32 heavy (non-hydrogen) atoms. The lowest BCUT2D eigenvalue weighted by molar-refractivity contribution is -0.295. The number of fused-ring (bicyclic) bond motifs is 1. The Kier molecular flexibility index (Phi) is 7.19. The van der Waals surface area contributed by atoms with E-state index in [1.54, 1.807) is 26.2 Å². The van der Waals surface area contributed by atoms with Gasteiger partial charge < -0.3 is 33.8 Å². The molecule has 1 aromatic heterocycles. The van der Waals surface area contributed by atoms with Crippen molar-refractivity contribution >= 4 is 16.7 Å². The van der Waals surface area contributed by atoms with Crippen molar-refractivity contribution in [2.45, 2.75) is 31.7 Å². The highest BCUT2D eigenvalue weighted by Crippen LogP contribution is 2.28. The van der Waals surface area contributed by atoms with Crippen LogP contribution in [0.4, 0.5) is 5.69 Å². The van der Waals surface area contributed by atoms with Crippen molar-refractivity contribution in [1.29, 1.82) is 0 Å². The van der Waals surface area contributed by atoms with Gasteiger partial charge in [-0.3, -0.25) is 0 Å². The summed E-state index contributed by atoms with van der Waals surface area (Å²) in [7, 11) is 1.54. The minimum absolute atomic E-state index is 0.204. The third-order valence-corrected chi connectivity index (χ3v) is 5.35. The molecule has 3 aromatic rings. The maximum Gasteiger partial charge on any atom is 0.339 e. The fourth-order valence-corrected chi connectivity index (χ4v) is 3.56. The van der Waals surface area contributed by atoms with Crippen molar-refractivity contribution in [3.63, 3.8) is 0 Å². The highest BCUT2D eigenvalue weighted by Gasteiger charge is 2.34. The molecule has 2 aromatic carbocycles. The Labute approximate surface area is 185 Å². The van der Waals surface area contributed by atoms with Gasteiger partial charge in [-0.15, -0.1) is 0 Å². The zero-order valence-electron chi connectivity index (χ0n) is 18.0. The molecular formula is C24H27NO7. The molecule has 1 fully saturated rings. The van der Waals surface area contributed by atoms with E-state index in [4.69, 9.17) is 23.4 Å². The van der Waals surface area contributed by atoms with Gasteiger partial charge in [0, 0.05) is 35.4 Å². The van der Waals surface area contributed by atoms with E-state index in [9.17, 15) is 9.90 Å². The SMILES string of the molecule is CO[C@H](CNc1ccc2cc(C)c(=O)oc2c1)OC1COC(c2ccccc2)O[C@H]1CO. The molecule has 0 radical (unpaired) electrons. The van der Waals surface area contributed by atoms with Crippen molar-refractivity contribution in [2.75, 3.05) is 32.2 Å². The Morgan fingerprint density at radius 3 is 2.75 bits per heavy atom. The average molecular weight is 441 g/mol. The number of hydrogen-bond acceptors (Lipinski definition) is 8. The van der Waals surface area contributed by atoms with Gasteiger partial charge in [-0.25, -0.2) is 4.79 Å². The summed E-state index contributed by atoms with van der Waals surface area (Å²) in [5.41, 5.74) is 2.35. The Bertz CT molecular complexity index is 1080. The van der Waals surface area contributed by atoms with Gasteiger partial charge in [0.2, 0.25) is 0 Å². The molecule has 2 unspecified atom stereocenters. The maximum absolute atomic E-state index is 11.8. The van der Waals surface area contributed by atoms with Gasteiger partial charge in [0.1, 0.15) is 17.8 Å². The second kappa shape index (κ2) is 10.2. The maximum atomic E-state index is 11.8. The van der Waals surface area contributed by atoms with Crippen LogP contribution in [-0.2, 0) is 18.9 Å². The Morgan fingerprint density at radius 2 is 2.00 bits per heavy atom. The molecule has 2 N–H and O–H groups in total. The molecule has 170 valence electrons. The highest BCUT2D eigenvalue weighted by atomic mass is 16.7. The van der Waals surface area contributed by atoms with Gasteiger partial charge in [-0.2, -0.15) is 0 Å². The van der Waals surface area contributed by atoms with E-state index in [0.717, 1.165) is 16.6 Å². The number of benzene rings is 2. The number of rotatable bonds is 8. The Morgan fingerprint density at radius 1 is 1.19 bits per heavy atom. The first-order valence-corrected chi connectivity index (χ1v) is 10.5. The van der Waals surface area contributed by atoms with Crippen molar-refractivity contribution in [3.05, 3.63) is 76.1 Å². The number of methoxy groups -OCH3 is 1. The normalized spacial score (nSPS) is 22.0. The van der Waals surface area contributed by atoms with Gasteiger partial charge >= 0.3 is 5.63 Å². The van der Waals surface area contributed by atoms with E-state index >= 15 is 0 Å². The van der Waals surface area contributed by atoms with Crippen LogP contribution in [0.5, 0.6) is 0 Å². The molecule has 1 aliphatic rings. The first kappa shape index (κ1) is 22.4. The molecule has 0 aliphatic carbocycles. The van der Waals surface area contributed by atoms with Gasteiger partial charge in [-0.05, 0) is 25.1 Å². The Balaban J connectivity index is 1.36. The molecule has 4 atom stereocenters. The van der Waals surface area contributed by atoms with E-state index in [-0.39, 0.29) is 18.8 Å². The van der Waals surface area contributed by atoms with Crippen LogP contribution < -0.4 is 10.9 Å². The predicted molar refractivity (Wildman–Crippen MR) is 118 cm³/mol. The average Bonchev–Trinajstić information content (AvgIpc) is 2.83. The van der Waals surface area contributed by atoms with E-state index in [0.29, 0.717) is 17.7 Å². The number of aryl methyl sites for hydroxylation is 1. The third kappa shape index (κ3) is 5.17. The van der Waals surface area contributed by atoms with Crippen LogP contribution >= 0.6 is 0 Å². The standard InChI is InChI=1S/C24H27NO7/c1-15-10-17-8-9-18(11-19(17)31-23(15)27)25-12-22(28-2)30-21-14-29-24(32-20(21)13-26)16-6-4-3-5-7-16/h3-11,20-22,24-26H,12-14H2,1-2H3/t20-,21?,22-,24?/m0/s1. The van der Waals surface area contributed by atoms with E-state index < -0.39 is 24.8 Å². The van der Waals surface area contributed by atoms with E-state index in [2.05, 4.69) is 5.32 Å². The first-order valence-electron chi connectivity index (χ1n) is 10.5. The van der Waals surface area contributed by atoms with Crippen LogP contribution in [0.2, 0.25) is 0 Å². The highest BCUT2D eigenvalue weighted by molar-refractivity contribution is 5.80. The van der Waals surface area contributed by atoms with Crippen molar-refractivity contribution in [1.82, 2.24) is 0 Å². The summed E-state index contributed by atoms with van der Waals surface area (Å²) in [6.07, 6.45) is -2.22. The second-order valence-electron chi connectivity index (χ2n) is 7.62. The van der Waals surface area contributed by atoms with Crippen LogP contribution in [-0.4, -0.2) is 50.5 Å². The lowest BCUT2D eigenvalue weighted by Crippen LogP contribution is -2.47. The summed E-state index contributed by atoms with van der Waals surface area (Å²) in [4.78, 5) is 11.8. The Hall–Kier alpha value is -2.75. The summed E-state index contributed by atoms with van der Waals surface area (Å²) in [5.74, 6) is 0. The van der Waals surface area contributed by atoms with Gasteiger partial charge in [0.15, 0.2) is 12.6 Å². The lowest BCUT2D eigenvalue weighted by Gasteiger charge is -2.37. The summed E-state index contributed by atoms with van der Waals surface area (Å²) in [6.45, 7) is 2.10. The summed E-state index contributed by atoms with van der Waals surface area (Å²) in [5, 5.41) is 13.9. The molecule has 0 bridgehead atoms. The number of aliphatic hydroxyl groups excluding tert-OH is 1. The molecule has 8 heteroatoms. The smallest absolute Gasteiger partial charge is 0.339 e. The quantitative estimate of drug-likeness (QED) is 0.407. The monoisotopic (exact) mass is 441 g/mol. The van der Waals surface area contributed by atoms with Gasteiger partial charge in [0.25, 0.3) is 0 Å². The molecule has 8 nitrogen and oxygen atoms in total. The fraction of sp³-hybridized carbons (Fsp3) is 0.375. The number of ether oxygens (including phenoxy) is 4. The third-order valence-electron chi connectivity index (χ3n) is 5.35. The number of aliphatic hydroxyl groups is 1. The topological polar surface area (TPSA) is 99.4 Å². The van der Waals surface area contributed by atoms with Crippen LogP contribution in [0.25, 0.3) is 11.0 Å². The molecule has 0 saturated carbocycles. The van der Waals surface area contributed by atoms with Crippen molar-refractivity contribution in [3.8, 4) is 0 Å². The van der Waals surface area contributed by atoms with Crippen LogP contribution in [0.3, 0.4) is 0 Å². The minimum atomic E-state index is -0.616. The van der Waals surface area contributed by atoms with Crippen LogP contribution in [0.1, 0.15) is 17.4 Å². The van der Waals surface area contributed by atoms with E-state index in [1.807, 2.05) is 42.5 Å². The fourth-order valence-electron chi connectivity index (χ4n) is 3.56. The van der Waals surface area contributed by atoms with Gasteiger partial charge in [-0.1, -0.05) is 30.3 Å². The summed E-state index contributed by atoms with van der Waals surface area (Å²) in [6, 6.07) is 16.9. The molecule has 2 heterocycles. The summed E-state index contributed by atoms with van der Waals surface area (Å²) < 4.78 is 28.5. The van der Waals surface area contributed by atoms with Gasteiger partial charge in [0.05, 0.1) is 19.8 Å². The van der Waals surface area contributed by atoms with Crippen LogP contribution in [0.15, 0.2) is 63.8 Å². The molecule has 0 spiro atoms. The zero-order chi connectivity index (χ0) is 22.5. The predicted octanol–water partition coefficient (Wildman–Crippen LogP) is 2.98.